The van der Waals surface area contributed by atoms with Gasteiger partial charge < -0.3 is 5.11 Å². The summed E-state index contributed by atoms with van der Waals surface area (Å²) in [6.07, 6.45) is 3.56. The fourth-order valence-electron chi connectivity index (χ4n) is 2.24. The lowest BCUT2D eigenvalue weighted by Gasteiger charge is -2.26. The van der Waals surface area contributed by atoms with E-state index >= 15 is 0 Å². The molecule has 0 radical (unpaired) electrons. The van der Waals surface area contributed by atoms with Gasteiger partial charge in [-0.25, -0.2) is 9.87 Å². The van der Waals surface area contributed by atoms with Gasteiger partial charge in [0.1, 0.15) is 5.82 Å². The summed E-state index contributed by atoms with van der Waals surface area (Å²) in [6, 6.07) is 4.28. The molecule has 6 heteroatoms. The molecule has 0 aliphatic carbocycles. The van der Waals surface area contributed by atoms with Crippen molar-refractivity contribution in [3.8, 4) is 0 Å². The molecule has 20 heavy (non-hydrogen) atoms. The van der Waals surface area contributed by atoms with Crippen LogP contribution >= 0.6 is 0 Å². The number of hydrogen-bond acceptors (Lipinski definition) is 4. The van der Waals surface area contributed by atoms with Gasteiger partial charge >= 0.3 is 0 Å². The van der Waals surface area contributed by atoms with Crippen LogP contribution in [0.5, 0.6) is 0 Å². The van der Waals surface area contributed by atoms with Gasteiger partial charge in [-0.15, -0.1) is 0 Å². The average Bonchev–Trinajstić information content (AvgIpc) is 2.51. The highest BCUT2D eigenvalue weighted by Gasteiger charge is 2.14. The molecule has 0 unspecified atom stereocenters. The molecule has 112 valence electrons. The third-order valence-electron chi connectivity index (χ3n) is 3.26. The van der Waals surface area contributed by atoms with Crippen LogP contribution in [-0.2, 0) is 6.54 Å². The van der Waals surface area contributed by atoms with E-state index in [9.17, 15) is 9.18 Å². The van der Waals surface area contributed by atoms with Crippen LogP contribution in [0.2, 0.25) is 0 Å². The molecule has 1 fully saturated rings. The molecule has 0 saturated carbocycles. The molecule has 5 nitrogen and oxygen atoms in total. The number of amides is 1. The van der Waals surface area contributed by atoms with Crippen LogP contribution in [-0.4, -0.2) is 41.3 Å². The summed E-state index contributed by atoms with van der Waals surface area (Å²) in [4.78, 5) is 13.3. The van der Waals surface area contributed by atoms with E-state index in [-0.39, 0.29) is 5.56 Å². The largest absolute Gasteiger partial charge is 0.400 e. The fourth-order valence-corrected chi connectivity index (χ4v) is 2.24. The summed E-state index contributed by atoms with van der Waals surface area (Å²) < 4.78 is 13.8. The molecule has 0 aromatic heterocycles. The van der Waals surface area contributed by atoms with Gasteiger partial charge in [0.05, 0.1) is 0 Å². The molecule has 1 aromatic rings. The molecule has 1 aliphatic rings. The summed E-state index contributed by atoms with van der Waals surface area (Å²) in [5, 5.41) is 15.5. The number of benzene rings is 1. The topological polar surface area (TPSA) is 72.8 Å². The van der Waals surface area contributed by atoms with Crippen molar-refractivity contribution in [1.29, 1.82) is 0 Å². The van der Waals surface area contributed by atoms with E-state index in [0.29, 0.717) is 12.1 Å². The Morgan fingerprint density at radius 2 is 1.95 bits per heavy atom. The van der Waals surface area contributed by atoms with Crippen LogP contribution in [0.25, 0.3) is 0 Å². The number of hydroxylamine groups is 1. The Labute approximate surface area is 118 Å². The highest BCUT2D eigenvalue weighted by molar-refractivity contribution is 5.93. The van der Waals surface area contributed by atoms with Gasteiger partial charge in [-0.1, -0.05) is 12.5 Å². The van der Waals surface area contributed by atoms with E-state index in [0.717, 1.165) is 39.1 Å². The minimum atomic E-state index is -0.696. The van der Waals surface area contributed by atoms with Crippen molar-refractivity contribution >= 4 is 5.91 Å². The zero-order chi connectivity index (χ0) is 15.0. The summed E-state index contributed by atoms with van der Waals surface area (Å²) in [5.41, 5.74) is 2.21. The van der Waals surface area contributed by atoms with Crippen molar-refractivity contribution in [1.82, 2.24) is 10.4 Å². The highest BCUT2D eigenvalue weighted by atomic mass is 19.1. The van der Waals surface area contributed by atoms with Crippen LogP contribution < -0.4 is 5.48 Å². The van der Waals surface area contributed by atoms with Crippen LogP contribution in [0.4, 0.5) is 4.39 Å². The Hall–Kier alpha value is -1.50. The second-order valence-corrected chi connectivity index (χ2v) is 4.58. The molecule has 1 saturated heterocycles. The predicted molar refractivity (Wildman–Crippen MR) is 72.9 cm³/mol. The van der Waals surface area contributed by atoms with E-state index in [2.05, 4.69) is 4.90 Å². The Morgan fingerprint density at radius 1 is 1.30 bits per heavy atom. The molecule has 0 atom stereocenters. The lowest BCUT2D eigenvalue weighted by Crippen LogP contribution is -2.29. The number of piperidine rings is 1. The number of aliphatic hydroxyl groups is 1. The molecular weight excluding hydrogens is 263 g/mol. The number of aliphatic hydroxyl groups excluding tert-OH is 1. The van der Waals surface area contributed by atoms with Crippen molar-refractivity contribution in [3.05, 3.63) is 35.1 Å². The van der Waals surface area contributed by atoms with Crippen LogP contribution in [0.1, 0.15) is 35.2 Å². The number of nitrogens with zero attached hydrogens (tertiary/aromatic N) is 1. The summed E-state index contributed by atoms with van der Waals surface area (Å²) in [7, 11) is 1.00. The fraction of sp³-hybridized carbons (Fsp3) is 0.500. The number of likely N-dealkylation sites (tertiary alicyclic amines) is 1. The molecule has 1 aromatic carbocycles. The quantitative estimate of drug-likeness (QED) is 0.581. The molecule has 1 amide bonds. The molecule has 3 N–H and O–H groups in total. The van der Waals surface area contributed by atoms with Gasteiger partial charge in [-0.3, -0.25) is 14.9 Å². The minimum Gasteiger partial charge on any atom is -0.400 e. The van der Waals surface area contributed by atoms with Crippen molar-refractivity contribution in [2.45, 2.75) is 25.8 Å². The second-order valence-electron chi connectivity index (χ2n) is 4.58. The normalized spacial score (nSPS) is 15.2. The van der Waals surface area contributed by atoms with E-state index in [1.807, 2.05) is 0 Å². The lowest BCUT2D eigenvalue weighted by atomic mass is 10.1. The minimum absolute atomic E-state index is 0.123. The van der Waals surface area contributed by atoms with E-state index in [4.69, 9.17) is 10.3 Å². The molecule has 1 aliphatic heterocycles. The van der Waals surface area contributed by atoms with Crippen molar-refractivity contribution in [3.63, 3.8) is 0 Å². The van der Waals surface area contributed by atoms with Crippen LogP contribution in [0.15, 0.2) is 18.2 Å². The first kappa shape index (κ1) is 16.6. The zero-order valence-electron chi connectivity index (χ0n) is 11.6. The van der Waals surface area contributed by atoms with Crippen molar-refractivity contribution < 1.29 is 19.5 Å². The summed E-state index contributed by atoms with van der Waals surface area (Å²) >= 11 is 0. The molecule has 1 heterocycles. The maximum Gasteiger partial charge on any atom is 0.274 e. The smallest absolute Gasteiger partial charge is 0.274 e. The molecule has 2 rings (SSSR count). The number of halogens is 1. The average molecular weight is 284 g/mol. The first-order chi connectivity index (χ1) is 9.70. The van der Waals surface area contributed by atoms with Crippen LogP contribution in [0.3, 0.4) is 0 Å². The van der Waals surface area contributed by atoms with E-state index in [1.54, 1.807) is 6.07 Å². The Kier molecular flexibility index (Phi) is 7.14. The lowest BCUT2D eigenvalue weighted by molar-refractivity contribution is 0.0706. The number of rotatable bonds is 3. The van der Waals surface area contributed by atoms with Crippen LogP contribution in [0, 0.1) is 5.82 Å². The summed E-state index contributed by atoms with van der Waals surface area (Å²) in [5.74, 6) is -1.10. The monoisotopic (exact) mass is 284 g/mol. The summed E-state index contributed by atoms with van der Waals surface area (Å²) in [6.45, 7) is 2.57. The van der Waals surface area contributed by atoms with Gasteiger partial charge in [0.15, 0.2) is 0 Å². The SMILES string of the molecule is CO.O=C(NO)c1ccc(CN2CCCCC2)c(F)c1. The number of carbonyl (C=O) groups is 1. The molecule has 0 spiro atoms. The second kappa shape index (κ2) is 8.63. The maximum absolute atomic E-state index is 13.8. The number of nitrogens with one attached hydrogen (secondary N) is 1. The Bertz CT molecular complexity index is 434. The first-order valence-corrected chi connectivity index (χ1v) is 6.60. The van der Waals surface area contributed by atoms with Gasteiger partial charge in [0, 0.05) is 24.8 Å². The van der Waals surface area contributed by atoms with Gasteiger partial charge in [-0.2, -0.15) is 0 Å². The zero-order valence-corrected chi connectivity index (χ0v) is 11.6. The van der Waals surface area contributed by atoms with Crippen molar-refractivity contribution in [2.24, 2.45) is 0 Å². The number of carbonyl (C=O) groups excluding carboxylic acids is 1. The van der Waals surface area contributed by atoms with Gasteiger partial charge in [-0.05, 0) is 38.1 Å². The molecule has 0 bridgehead atoms. The Morgan fingerprint density at radius 3 is 2.50 bits per heavy atom. The maximum atomic E-state index is 13.8. The van der Waals surface area contributed by atoms with Gasteiger partial charge in [0.2, 0.25) is 0 Å². The van der Waals surface area contributed by atoms with Crippen molar-refractivity contribution in [2.75, 3.05) is 20.2 Å². The first-order valence-electron chi connectivity index (χ1n) is 6.60. The van der Waals surface area contributed by atoms with E-state index < -0.39 is 11.7 Å². The predicted octanol–water partition coefficient (Wildman–Crippen LogP) is 1.54. The standard InChI is InChI=1S/C13H17FN2O2.CH4O/c14-12-8-10(13(17)15-18)4-5-11(12)9-16-6-2-1-3-7-16;1-2/h4-5,8,18H,1-3,6-7,9H2,(H,15,17);2H,1H3. The van der Waals surface area contributed by atoms with Gasteiger partial charge in [0.25, 0.3) is 5.91 Å². The molecular formula is C14H21FN2O3. The van der Waals surface area contributed by atoms with E-state index in [1.165, 1.54) is 18.0 Å². The third-order valence-corrected chi connectivity index (χ3v) is 3.26. The Balaban J connectivity index is 0.000000956. The highest BCUT2D eigenvalue weighted by Crippen LogP contribution is 2.16. The number of hydrogen-bond donors (Lipinski definition) is 3. The third kappa shape index (κ3) is 4.56.